The Morgan fingerprint density at radius 1 is 0.500 bits per heavy atom. The molecule has 2 heteroatoms. The Bertz CT molecular complexity index is 1750. The molecule has 50 heavy (non-hydrogen) atoms. The second kappa shape index (κ2) is 20.3. The summed E-state index contributed by atoms with van der Waals surface area (Å²) in [5, 5.41) is 5.55. The van der Waals surface area contributed by atoms with Crippen molar-refractivity contribution in [2.75, 3.05) is 0 Å². The van der Waals surface area contributed by atoms with Crippen LogP contribution in [0.1, 0.15) is 102 Å². The first-order valence-corrected chi connectivity index (χ1v) is 20.7. The monoisotopic (exact) mass is 754 g/mol. The third kappa shape index (κ3) is 10.6. The maximum absolute atomic E-state index is 2.41. The van der Waals surface area contributed by atoms with Crippen LogP contribution < -0.4 is 0 Å². The Labute approximate surface area is 326 Å². The summed E-state index contributed by atoms with van der Waals surface area (Å²) in [5.41, 5.74) is 11.4. The van der Waals surface area contributed by atoms with Gasteiger partial charge in [-0.2, -0.15) is 12.1 Å². The molecule has 0 N–H and O–H groups in total. The summed E-state index contributed by atoms with van der Waals surface area (Å²) in [6.45, 7) is 22.6. The molecule has 0 spiro atoms. The second-order valence-electron chi connectivity index (χ2n) is 14.8. The predicted molar refractivity (Wildman–Crippen MR) is 222 cm³/mol. The molecule has 6 rings (SSSR count). The van der Waals surface area contributed by atoms with Gasteiger partial charge in [-0.1, -0.05) is 153 Å². The molecule has 0 saturated heterocycles. The van der Waals surface area contributed by atoms with Gasteiger partial charge in [0.2, 0.25) is 0 Å². The van der Waals surface area contributed by atoms with E-state index in [0.29, 0.717) is 23.7 Å². The zero-order chi connectivity index (χ0) is 35.5. The third-order valence-corrected chi connectivity index (χ3v) is 9.78. The van der Waals surface area contributed by atoms with Crippen molar-refractivity contribution in [2.24, 2.45) is 11.8 Å². The first kappa shape index (κ1) is 41.6. The van der Waals surface area contributed by atoms with E-state index in [1.807, 2.05) is 0 Å². The summed E-state index contributed by atoms with van der Waals surface area (Å²) in [7, 11) is 1.08. The summed E-state index contributed by atoms with van der Waals surface area (Å²) >= 11 is 0. The van der Waals surface area contributed by atoms with Crippen molar-refractivity contribution in [3.8, 4) is 22.3 Å². The van der Waals surface area contributed by atoms with Gasteiger partial charge in [0.05, 0.1) is 0 Å². The van der Waals surface area contributed by atoms with E-state index in [9.17, 15) is 0 Å². The molecule has 0 nitrogen and oxygen atoms in total. The molecule has 2 atom stereocenters. The fourth-order valence-corrected chi connectivity index (χ4v) is 6.83. The van der Waals surface area contributed by atoms with E-state index < -0.39 is 0 Å². The number of fused-ring (bicyclic) bond motifs is 2. The largest absolute Gasteiger partial charge is 2.00 e. The normalized spacial score (nSPS) is 12.2. The topological polar surface area (TPSA) is 0 Å². The first-order chi connectivity index (χ1) is 23.6. The Kier molecular flexibility index (Phi) is 16.9. The Hall–Kier alpha value is -2.80. The maximum atomic E-state index is 2.41. The number of rotatable bonds is 10. The zero-order valence-corrected chi connectivity index (χ0v) is 36.0. The van der Waals surface area contributed by atoms with Crippen LogP contribution in [0.25, 0.3) is 43.8 Å². The van der Waals surface area contributed by atoms with Crippen LogP contribution in [-0.4, -0.2) is 9.52 Å². The van der Waals surface area contributed by atoms with E-state index in [1.165, 1.54) is 78.9 Å². The Balaban J connectivity index is 0.000000246. The van der Waals surface area contributed by atoms with Gasteiger partial charge in [0, 0.05) is 9.52 Å². The summed E-state index contributed by atoms with van der Waals surface area (Å²) in [6.07, 6.45) is 4.64. The summed E-state index contributed by atoms with van der Waals surface area (Å²) in [4.78, 5) is 0. The van der Waals surface area contributed by atoms with Gasteiger partial charge in [0.1, 0.15) is 0 Å². The molecule has 0 amide bonds. The molecular formula is C48H60SiZr. The molecule has 0 fully saturated rings. The van der Waals surface area contributed by atoms with Gasteiger partial charge < -0.3 is 0 Å². The van der Waals surface area contributed by atoms with Crippen LogP contribution in [0, 0.1) is 11.8 Å². The maximum Gasteiger partial charge on any atom is 2.00 e. The standard InChI is InChI=1S/2C23H27.C2H6Si.Zr/c2*1-5-17(4)20-14-19-10-8-12-22(23(19)15-20)21-11-7-6-9-18(21)13-16(2)3;1-3-2;/h2*6-12,14-17H,5,13H2,1-4H3;1-2H3;/q2*-1;;+2. The summed E-state index contributed by atoms with van der Waals surface area (Å²) in [6, 6.07) is 40.8. The van der Waals surface area contributed by atoms with Crippen molar-refractivity contribution in [2.45, 2.75) is 106 Å². The molecule has 0 aromatic heterocycles. The Morgan fingerprint density at radius 2 is 0.840 bits per heavy atom. The molecule has 6 aromatic rings. The third-order valence-electron chi connectivity index (χ3n) is 9.78. The molecular weight excluding hydrogens is 696 g/mol. The SMILES string of the molecule is CCC(C)c1cc2c(-c3ccccc3CC(C)C)cccc2[cH-]1.CCC(C)c1cc2c(-c3ccccc3CC(C)C)cccc2[cH-]1.C[Si]C.[Zr+2]. The average Bonchev–Trinajstić information content (AvgIpc) is 3.74. The van der Waals surface area contributed by atoms with Crippen LogP contribution >= 0.6 is 0 Å². The number of hydrogen-bond donors (Lipinski definition) is 0. The first-order valence-electron chi connectivity index (χ1n) is 18.7. The van der Waals surface area contributed by atoms with Crippen molar-refractivity contribution in [1.82, 2.24) is 0 Å². The van der Waals surface area contributed by atoms with Crippen molar-refractivity contribution < 1.29 is 26.2 Å². The average molecular weight is 756 g/mol. The van der Waals surface area contributed by atoms with Crippen LogP contribution in [0.15, 0.2) is 109 Å². The minimum atomic E-state index is 0. The van der Waals surface area contributed by atoms with Crippen molar-refractivity contribution in [3.05, 3.63) is 131 Å². The van der Waals surface area contributed by atoms with Crippen molar-refractivity contribution in [1.29, 1.82) is 0 Å². The van der Waals surface area contributed by atoms with Gasteiger partial charge in [-0.15, -0.1) is 69.1 Å². The molecule has 2 radical (unpaired) electrons. The minimum absolute atomic E-state index is 0. The van der Waals surface area contributed by atoms with E-state index in [-0.39, 0.29) is 26.2 Å². The number of benzene rings is 4. The molecule has 260 valence electrons. The molecule has 6 aromatic carbocycles. The summed E-state index contributed by atoms with van der Waals surface area (Å²) in [5.74, 6) is 2.60. The molecule has 0 heterocycles. The van der Waals surface area contributed by atoms with Gasteiger partial charge in [-0.05, 0) is 58.8 Å². The van der Waals surface area contributed by atoms with Crippen molar-refractivity contribution >= 4 is 31.1 Å². The second-order valence-corrected chi connectivity index (χ2v) is 15.8. The van der Waals surface area contributed by atoms with Gasteiger partial charge in [-0.3, -0.25) is 0 Å². The zero-order valence-electron chi connectivity index (χ0n) is 32.5. The molecule has 0 aliphatic rings. The van der Waals surface area contributed by atoms with Gasteiger partial charge in [-0.25, -0.2) is 0 Å². The predicted octanol–water partition coefficient (Wildman–Crippen LogP) is 14.7. The fourth-order valence-electron chi connectivity index (χ4n) is 6.83. The molecule has 0 saturated carbocycles. The van der Waals surface area contributed by atoms with Crippen LogP contribution in [0.5, 0.6) is 0 Å². The Morgan fingerprint density at radius 3 is 1.18 bits per heavy atom. The van der Waals surface area contributed by atoms with Crippen molar-refractivity contribution in [3.63, 3.8) is 0 Å². The molecule has 2 unspecified atom stereocenters. The molecule has 0 aliphatic heterocycles. The molecule has 0 bridgehead atoms. The van der Waals surface area contributed by atoms with Crippen LogP contribution in [0.4, 0.5) is 0 Å². The molecule has 0 aliphatic carbocycles. The van der Waals surface area contributed by atoms with E-state index in [1.54, 1.807) is 0 Å². The van der Waals surface area contributed by atoms with Crippen LogP contribution in [0.3, 0.4) is 0 Å². The summed E-state index contributed by atoms with van der Waals surface area (Å²) < 4.78 is 0. The van der Waals surface area contributed by atoms with Crippen LogP contribution in [-0.2, 0) is 39.0 Å². The van der Waals surface area contributed by atoms with E-state index in [2.05, 4.69) is 178 Å². The van der Waals surface area contributed by atoms with Gasteiger partial charge in [0.25, 0.3) is 0 Å². The van der Waals surface area contributed by atoms with E-state index >= 15 is 0 Å². The van der Waals surface area contributed by atoms with Gasteiger partial charge >= 0.3 is 26.2 Å². The van der Waals surface area contributed by atoms with Gasteiger partial charge in [0.15, 0.2) is 0 Å². The van der Waals surface area contributed by atoms with Crippen LogP contribution in [0.2, 0.25) is 13.1 Å². The number of hydrogen-bond acceptors (Lipinski definition) is 0. The smallest absolute Gasteiger partial charge is 0.164 e. The quantitative estimate of drug-likeness (QED) is 0.0965. The fraction of sp³-hybridized carbons (Fsp3) is 0.375. The minimum Gasteiger partial charge on any atom is -0.164 e. The van der Waals surface area contributed by atoms with E-state index in [0.717, 1.165) is 22.4 Å². The van der Waals surface area contributed by atoms with E-state index in [4.69, 9.17) is 0 Å².